The number of hydrogen-bond acceptors (Lipinski definition) is 0. The molecule has 0 spiro atoms. The quantitative estimate of drug-likeness (QED) is 0.375. The fourth-order valence-electron chi connectivity index (χ4n) is 1.51. The van der Waals surface area contributed by atoms with Crippen molar-refractivity contribution in [3.63, 3.8) is 0 Å². The highest BCUT2D eigenvalue weighted by molar-refractivity contribution is 9.09. The molecular formula is C12H14BrClF2. The van der Waals surface area contributed by atoms with Crippen molar-refractivity contribution in [1.29, 1.82) is 0 Å². The molecule has 1 unspecified atom stereocenters. The molecular weight excluding hydrogens is 297 g/mol. The highest BCUT2D eigenvalue weighted by Crippen LogP contribution is 2.34. The molecule has 4 heteroatoms. The summed E-state index contributed by atoms with van der Waals surface area (Å²) in [6, 6.07) is 2.20. The van der Waals surface area contributed by atoms with E-state index in [-0.39, 0.29) is 9.85 Å². The molecule has 0 fully saturated rings. The van der Waals surface area contributed by atoms with E-state index in [1.807, 2.05) is 0 Å². The summed E-state index contributed by atoms with van der Waals surface area (Å²) in [6.07, 6.45) is 4.18. The monoisotopic (exact) mass is 310 g/mol. The van der Waals surface area contributed by atoms with Crippen molar-refractivity contribution in [1.82, 2.24) is 0 Å². The minimum atomic E-state index is -0.901. The largest absolute Gasteiger partial charge is 0.204 e. The second-order valence-electron chi connectivity index (χ2n) is 3.75. The van der Waals surface area contributed by atoms with Crippen LogP contribution in [0.15, 0.2) is 12.1 Å². The maximum Gasteiger partial charge on any atom is 0.160 e. The Morgan fingerprint density at radius 1 is 1.25 bits per heavy atom. The van der Waals surface area contributed by atoms with E-state index in [4.69, 9.17) is 11.6 Å². The van der Waals surface area contributed by atoms with Crippen LogP contribution in [0.25, 0.3) is 0 Å². The molecule has 1 atom stereocenters. The first-order valence-corrected chi connectivity index (χ1v) is 6.64. The van der Waals surface area contributed by atoms with E-state index >= 15 is 0 Å². The van der Waals surface area contributed by atoms with Gasteiger partial charge < -0.3 is 0 Å². The Morgan fingerprint density at radius 3 is 2.50 bits per heavy atom. The maximum absolute atomic E-state index is 13.1. The van der Waals surface area contributed by atoms with Crippen molar-refractivity contribution < 1.29 is 8.78 Å². The molecule has 0 bridgehead atoms. The molecule has 0 saturated carbocycles. The third-order valence-corrected chi connectivity index (χ3v) is 3.72. The Labute approximate surface area is 108 Å². The molecule has 0 aliphatic heterocycles. The van der Waals surface area contributed by atoms with Crippen LogP contribution in [0, 0.1) is 11.6 Å². The van der Waals surface area contributed by atoms with E-state index in [0.717, 1.165) is 31.7 Å². The predicted molar refractivity (Wildman–Crippen MR) is 67.2 cm³/mol. The van der Waals surface area contributed by atoms with Crippen LogP contribution >= 0.6 is 27.5 Å². The summed E-state index contributed by atoms with van der Waals surface area (Å²) in [5.41, 5.74) is 0.622. The van der Waals surface area contributed by atoms with Gasteiger partial charge in [-0.2, -0.15) is 0 Å². The van der Waals surface area contributed by atoms with Crippen LogP contribution in [0.5, 0.6) is 0 Å². The fourth-order valence-corrected chi connectivity index (χ4v) is 2.62. The Hall–Kier alpha value is -0.150. The highest BCUT2D eigenvalue weighted by atomic mass is 79.9. The predicted octanol–water partition coefficient (Wildman–Crippen LogP) is 5.63. The molecule has 0 aliphatic carbocycles. The van der Waals surface area contributed by atoms with Gasteiger partial charge in [0.15, 0.2) is 11.6 Å². The van der Waals surface area contributed by atoms with Gasteiger partial charge >= 0.3 is 0 Å². The summed E-state index contributed by atoms with van der Waals surface area (Å²) in [5, 5.41) is 0.275. The van der Waals surface area contributed by atoms with Crippen LogP contribution in [-0.2, 0) is 0 Å². The second-order valence-corrected chi connectivity index (χ2v) is 5.26. The Kier molecular flexibility index (Phi) is 5.70. The van der Waals surface area contributed by atoms with E-state index < -0.39 is 11.6 Å². The molecule has 0 aliphatic rings. The average molecular weight is 312 g/mol. The first-order valence-electron chi connectivity index (χ1n) is 5.34. The van der Waals surface area contributed by atoms with Crippen molar-refractivity contribution in [2.75, 3.05) is 0 Å². The number of unbranched alkanes of at least 4 members (excludes halogenated alkanes) is 2. The number of benzene rings is 1. The lowest BCUT2D eigenvalue weighted by Crippen LogP contribution is -1.95. The van der Waals surface area contributed by atoms with Gasteiger partial charge in [-0.15, -0.1) is 0 Å². The van der Waals surface area contributed by atoms with Crippen molar-refractivity contribution in [2.45, 2.75) is 37.4 Å². The summed E-state index contributed by atoms with van der Waals surface area (Å²) >= 11 is 9.32. The van der Waals surface area contributed by atoms with Gasteiger partial charge in [0.25, 0.3) is 0 Å². The van der Waals surface area contributed by atoms with Crippen LogP contribution in [0.4, 0.5) is 8.78 Å². The van der Waals surface area contributed by atoms with Gasteiger partial charge in [-0.05, 0) is 24.1 Å². The fraction of sp³-hybridized carbons (Fsp3) is 0.500. The van der Waals surface area contributed by atoms with Crippen molar-refractivity contribution >= 4 is 27.5 Å². The standard InChI is InChI=1S/C12H14BrClF2/c1-2-3-4-5-9(13)8-6-11(15)12(16)7-10(8)14/h6-7,9H,2-5H2,1H3. The van der Waals surface area contributed by atoms with Gasteiger partial charge in [0.1, 0.15) is 0 Å². The SMILES string of the molecule is CCCCCC(Br)c1cc(F)c(F)cc1Cl. The van der Waals surface area contributed by atoms with E-state index in [2.05, 4.69) is 22.9 Å². The highest BCUT2D eigenvalue weighted by Gasteiger charge is 2.14. The van der Waals surface area contributed by atoms with Gasteiger partial charge in [-0.1, -0.05) is 53.7 Å². The Bertz CT molecular complexity index is 355. The molecule has 0 amide bonds. The first kappa shape index (κ1) is 13.9. The number of halogens is 4. The van der Waals surface area contributed by atoms with E-state index in [1.165, 1.54) is 6.07 Å². The van der Waals surface area contributed by atoms with Crippen molar-refractivity contribution in [2.24, 2.45) is 0 Å². The summed E-state index contributed by atoms with van der Waals surface area (Å²) in [7, 11) is 0. The van der Waals surface area contributed by atoms with E-state index in [0.29, 0.717) is 5.56 Å². The third-order valence-electron chi connectivity index (χ3n) is 2.44. The lowest BCUT2D eigenvalue weighted by molar-refractivity contribution is 0.506. The second kappa shape index (κ2) is 6.55. The normalized spacial score (nSPS) is 12.8. The Morgan fingerprint density at radius 2 is 1.88 bits per heavy atom. The number of hydrogen-bond donors (Lipinski definition) is 0. The first-order chi connectivity index (χ1) is 7.56. The van der Waals surface area contributed by atoms with Crippen LogP contribution in [0.3, 0.4) is 0 Å². The number of rotatable bonds is 5. The smallest absolute Gasteiger partial charge is 0.160 e. The van der Waals surface area contributed by atoms with Crippen molar-refractivity contribution in [3.05, 3.63) is 34.4 Å². The molecule has 16 heavy (non-hydrogen) atoms. The minimum Gasteiger partial charge on any atom is -0.204 e. The van der Waals surface area contributed by atoms with Gasteiger partial charge in [0.05, 0.1) is 0 Å². The molecule has 0 radical (unpaired) electrons. The van der Waals surface area contributed by atoms with Crippen LogP contribution in [0.2, 0.25) is 5.02 Å². The maximum atomic E-state index is 13.1. The van der Waals surface area contributed by atoms with Crippen LogP contribution in [-0.4, -0.2) is 0 Å². The minimum absolute atomic E-state index is 0.0124. The molecule has 0 N–H and O–H groups in total. The van der Waals surface area contributed by atoms with E-state index in [1.54, 1.807) is 0 Å². The van der Waals surface area contributed by atoms with E-state index in [9.17, 15) is 8.78 Å². The number of alkyl halides is 1. The molecule has 1 aromatic rings. The molecule has 0 heterocycles. The third kappa shape index (κ3) is 3.70. The molecule has 0 aromatic heterocycles. The van der Waals surface area contributed by atoms with Gasteiger partial charge in [0.2, 0.25) is 0 Å². The van der Waals surface area contributed by atoms with Gasteiger partial charge in [0, 0.05) is 9.85 Å². The van der Waals surface area contributed by atoms with Crippen molar-refractivity contribution in [3.8, 4) is 0 Å². The molecule has 1 aromatic carbocycles. The lowest BCUT2D eigenvalue weighted by Gasteiger charge is -2.12. The Balaban J connectivity index is 2.75. The molecule has 1 rings (SSSR count). The topological polar surface area (TPSA) is 0 Å². The average Bonchev–Trinajstić information content (AvgIpc) is 2.23. The zero-order valence-electron chi connectivity index (χ0n) is 9.07. The van der Waals surface area contributed by atoms with Crippen LogP contribution in [0.1, 0.15) is 43.0 Å². The zero-order valence-corrected chi connectivity index (χ0v) is 11.4. The summed E-state index contributed by atoms with van der Waals surface area (Å²) in [4.78, 5) is -0.0124. The lowest BCUT2D eigenvalue weighted by atomic mass is 10.1. The molecule has 90 valence electrons. The van der Waals surface area contributed by atoms with Crippen LogP contribution < -0.4 is 0 Å². The molecule has 0 saturated heterocycles. The molecule has 0 nitrogen and oxygen atoms in total. The summed E-state index contributed by atoms with van der Waals surface area (Å²) < 4.78 is 25.9. The zero-order chi connectivity index (χ0) is 12.1. The van der Waals surface area contributed by atoms with Gasteiger partial charge in [-0.25, -0.2) is 8.78 Å². The summed E-state index contributed by atoms with van der Waals surface area (Å²) in [5.74, 6) is -1.75. The van der Waals surface area contributed by atoms with Gasteiger partial charge in [-0.3, -0.25) is 0 Å². The summed E-state index contributed by atoms with van der Waals surface area (Å²) in [6.45, 7) is 2.12.